The van der Waals surface area contributed by atoms with Crippen LogP contribution in [0.4, 0.5) is 5.69 Å². The Morgan fingerprint density at radius 2 is 2.13 bits per heavy atom. The molecular weight excluding hydrogens is 284 g/mol. The molecule has 3 heteroatoms. The number of pyridine rings is 1. The van der Waals surface area contributed by atoms with E-state index >= 15 is 0 Å². The van der Waals surface area contributed by atoms with Gasteiger partial charge in [-0.2, -0.15) is 0 Å². The lowest BCUT2D eigenvalue weighted by Gasteiger charge is -2.40. The van der Waals surface area contributed by atoms with Crippen LogP contribution in [0.3, 0.4) is 0 Å². The Hall–Kier alpha value is -2.03. The number of anilines is 1. The van der Waals surface area contributed by atoms with Gasteiger partial charge in [0.05, 0.1) is 5.69 Å². The third-order valence-electron chi connectivity index (χ3n) is 6.42. The van der Waals surface area contributed by atoms with Crippen molar-refractivity contribution < 1.29 is 4.42 Å². The second-order valence-electron chi connectivity index (χ2n) is 7.70. The molecule has 0 spiro atoms. The zero-order valence-electron chi connectivity index (χ0n) is 14.0. The van der Waals surface area contributed by atoms with Crippen molar-refractivity contribution in [1.29, 1.82) is 0 Å². The zero-order chi connectivity index (χ0) is 15.8. The summed E-state index contributed by atoms with van der Waals surface area (Å²) in [6.45, 7) is 7.04. The first kappa shape index (κ1) is 13.4. The Labute approximate surface area is 136 Å². The topological polar surface area (TPSA) is 29.3 Å². The molecule has 23 heavy (non-hydrogen) atoms. The molecule has 2 bridgehead atoms. The van der Waals surface area contributed by atoms with Gasteiger partial charge in [-0.1, -0.05) is 19.1 Å². The number of aromatic nitrogens is 1. The number of nitrogens with zero attached hydrogens (tertiary/aromatic N) is 2. The van der Waals surface area contributed by atoms with Gasteiger partial charge in [-0.05, 0) is 56.2 Å². The van der Waals surface area contributed by atoms with Crippen molar-refractivity contribution >= 4 is 27.8 Å². The van der Waals surface area contributed by atoms with E-state index in [1.165, 1.54) is 35.9 Å². The molecule has 3 atom stereocenters. The Morgan fingerprint density at radius 3 is 2.91 bits per heavy atom. The number of fused-ring (bicyclic) bond motifs is 5. The third kappa shape index (κ3) is 1.63. The molecule has 2 fully saturated rings. The summed E-state index contributed by atoms with van der Waals surface area (Å²) in [6.07, 6.45) is 5.77. The number of furan rings is 1. The number of hydrogen-bond acceptors (Lipinski definition) is 3. The minimum absolute atomic E-state index is 0.448. The Balaban J connectivity index is 1.80. The largest absolute Gasteiger partial charge is 0.436 e. The predicted octanol–water partition coefficient (Wildman–Crippen LogP) is 5.06. The lowest BCUT2D eigenvalue weighted by atomic mass is 9.82. The van der Waals surface area contributed by atoms with Crippen LogP contribution in [0.1, 0.15) is 38.7 Å². The number of piperidine rings is 1. The van der Waals surface area contributed by atoms with E-state index in [2.05, 4.69) is 48.9 Å². The predicted molar refractivity (Wildman–Crippen MR) is 93.9 cm³/mol. The first-order valence-corrected chi connectivity index (χ1v) is 8.64. The standard InChI is InChI=1S/C20H22N2O/c1-12-6-7-15-16-5-4-10-21-19(16)23-18(15)17(12)22-13(2)20(3)9-8-14(22)11-20/h4-7,10,13-14H,8-9,11H2,1-3H3/t13-,14?,20?/m0/s1. The Kier molecular flexibility index (Phi) is 2.50. The van der Waals surface area contributed by atoms with Gasteiger partial charge in [0.15, 0.2) is 5.58 Å². The van der Waals surface area contributed by atoms with Gasteiger partial charge in [-0.3, -0.25) is 0 Å². The van der Waals surface area contributed by atoms with Crippen LogP contribution in [0, 0.1) is 12.3 Å². The summed E-state index contributed by atoms with van der Waals surface area (Å²) in [5, 5.41) is 2.31. The molecule has 3 aromatic rings. The third-order valence-corrected chi connectivity index (χ3v) is 6.42. The molecule has 3 heterocycles. The highest BCUT2D eigenvalue weighted by Gasteiger charge is 2.52. The second kappa shape index (κ2) is 4.28. The van der Waals surface area contributed by atoms with Crippen LogP contribution in [0.25, 0.3) is 22.1 Å². The van der Waals surface area contributed by atoms with E-state index in [1.807, 2.05) is 6.07 Å². The first-order valence-electron chi connectivity index (χ1n) is 8.64. The summed E-state index contributed by atoms with van der Waals surface area (Å²) in [5.41, 5.74) is 4.81. The molecule has 1 aliphatic carbocycles. The smallest absolute Gasteiger partial charge is 0.227 e. The van der Waals surface area contributed by atoms with E-state index in [0.29, 0.717) is 17.5 Å². The number of rotatable bonds is 1. The second-order valence-corrected chi connectivity index (χ2v) is 7.70. The number of benzene rings is 1. The first-order chi connectivity index (χ1) is 11.1. The van der Waals surface area contributed by atoms with Crippen molar-refractivity contribution in [3.05, 3.63) is 36.0 Å². The Bertz CT molecular complexity index is 928. The van der Waals surface area contributed by atoms with Crippen LogP contribution in [0.2, 0.25) is 0 Å². The van der Waals surface area contributed by atoms with E-state index < -0.39 is 0 Å². The van der Waals surface area contributed by atoms with Gasteiger partial charge in [0.25, 0.3) is 0 Å². The van der Waals surface area contributed by atoms with Gasteiger partial charge < -0.3 is 9.32 Å². The fraction of sp³-hybridized carbons (Fsp3) is 0.450. The average Bonchev–Trinajstić information content (AvgIpc) is 3.17. The maximum absolute atomic E-state index is 6.21. The van der Waals surface area contributed by atoms with Crippen LogP contribution in [-0.4, -0.2) is 17.1 Å². The van der Waals surface area contributed by atoms with Gasteiger partial charge in [-0.15, -0.1) is 0 Å². The van der Waals surface area contributed by atoms with Gasteiger partial charge in [0.1, 0.15) is 0 Å². The summed E-state index contributed by atoms with van der Waals surface area (Å²) in [6, 6.07) is 9.72. The maximum Gasteiger partial charge on any atom is 0.227 e. The average molecular weight is 306 g/mol. The van der Waals surface area contributed by atoms with Crippen molar-refractivity contribution in [3.63, 3.8) is 0 Å². The van der Waals surface area contributed by atoms with Crippen molar-refractivity contribution in [3.8, 4) is 0 Å². The molecule has 1 aromatic carbocycles. The molecule has 1 saturated carbocycles. The molecule has 5 rings (SSSR count). The molecule has 0 N–H and O–H groups in total. The number of aryl methyl sites for hydroxylation is 1. The van der Waals surface area contributed by atoms with E-state index in [1.54, 1.807) is 6.20 Å². The molecule has 118 valence electrons. The molecule has 0 radical (unpaired) electrons. The summed E-state index contributed by atoms with van der Waals surface area (Å²) in [7, 11) is 0. The lowest BCUT2D eigenvalue weighted by Crippen LogP contribution is -2.42. The monoisotopic (exact) mass is 306 g/mol. The van der Waals surface area contributed by atoms with Gasteiger partial charge >= 0.3 is 0 Å². The molecule has 1 saturated heterocycles. The summed E-state index contributed by atoms with van der Waals surface area (Å²) >= 11 is 0. The van der Waals surface area contributed by atoms with Gasteiger partial charge in [0, 0.05) is 29.1 Å². The van der Waals surface area contributed by atoms with Crippen molar-refractivity contribution in [2.75, 3.05) is 4.90 Å². The highest BCUT2D eigenvalue weighted by molar-refractivity contribution is 6.08. The van der Waals surface area contributed by atoms with E-state index in [4.69, 9.17) is 4.42 Å². The van der Waals surface area contributed by atoms with Gasteiger partial charge in [0.2, 0.25) is 5.71 Å². The van der Waals surface area contributed by atoms with E-state index in [9.17, 15) is 0 Å². The summed E-state index contributed by atoms with van der Waals surface area (Å²) in [4.78, 5) is 7.05. The quantitative estimate of drug-likeness (QED) is 0.629. The van der Waals surface area contributed by atoms with Gasteiger partial charge in [-0.25, -0.2) is 4.98 Å². The van der Waals surface area contributed by atoms with Crippen LogP contribution < -0.4 is 4.90 Å². The van der Waals surface area contributed by atoms with E-state index in [-0.39, 0.29) is 0 Å². The van der Waals surface area contributed by atoms with Crippen LogP contribution in [-0.2, 0) is 0 Å². The van der Waals surface area contributed by atoms with Crippen molar-refractivity contribution in [2.45, 2.75) is 52.1 Å². The van der Waals surface area contributed by atoms with Crippen LogP contribution in [0.5, 0.6) is 0 Å². The van der Waals surface area contributed by atoms with Crippen LogP contribution in [0.15, 0.2) is 34.9 Å². The molecular formula is C20H22N2O. The van der Waals surface area contributed by atoms with Crippen LogP contribution >= 0.6 is 0 Å². The normalized spacial score (nSPS) is 30.0. The summed E-state index contributed by atoms with van der Waals surface area (Å²) < 4.78 is 6.21. The lowest BCUT2D eigenvalue weighted by molar-refractivity contribution is 0.295. The zero-order valence-corrected chi connectivity index (χ0v) is 14.0. The molecule has 3 nitrogen and oxygen atoms in total. The molecule has 0 amide bonds. The van der Waals surface area contributed by atoms with Crippen molar-refractivity contribution in [2.24, 2.45) is 5.41 Å². The summed E-state index contributed by atoms with van der Waals surface area (Å²) in [5.74, 6) is 0. The molecule has 2 aromatic heterocycles. The molecule has 1 aliphatic heterocycles. The maximum atomic E-state index is 6.21. The van der Waals surface area contributed by atoms with Crippen molar-refractivity contribution in [1.82, 2.24) is 4.98 Å². The minimum atomic E-state index is 0.448. The number of hydrogen-bond donors (Lipinski definition) is 0. The highest BCUT2D eigenvalue weighted by atomic mass is 16.3. The molecule has 2 aliphatic rings. The van der Waals surface area contributed by atoms with E-state index in [0.717, 1.165) is 16.7 Å². The minimum Gasteiger partial charge on any atom is -0.436 e. The molecule has 2 unspecified atom stereocenters. The highest BCUT2D eigenvalue weighted by Crippen LogP contribution is 2.55. The fourth-order valence-electron chi connectivity index (χ4n) is 4.96. The fourth-order valence-corrected chi connectivity index (χ4v) is 4.96. The SMILES string of the molecule is Cc1ccc2c(oc3ncccc32)c1N1C2CCC(C)(C2)[C@@H]1C. The Morgan fingerprint density at radius 1 is 1.26 bits per heavy atom.